The van der Waals surface area contributed by atoms with Crippen LogP contribution in [0, 0.1) is 0 Å². The monoisotopic (exact) mass is 426 g/mol. The SMILES string of the molecule is C/C=C\C(=C/CC)C(=O)c1coc2c1C(=O)C(=O)C(Br)=C2Br. The Morgan fingerprint density at radius 2 is 1.91 bits per heavy atom. The van der Waals surface area contributed by atoms with Crippen molar-refractivity contribution in [3.8, 4) is 0 Å². The van der Waals surface area contributed by atoms with Crippen molar-refractivity contribution in [1.82, 2.24) is 0 Å². The molecule has 0 spiro atoms. The normalized spacial score (nSPS) is 15.7. The van der Waals surface area contributed by atoms with Crippen LogP contribution in [0.25, 0.3) is 4.48 Å². The van der Waals surface area contributed by atoms with Gasteiger partial charge >= 0.3 is 0 Å². The van der Waals surface area contributed by atoms with Gasteiger partial charge in [-0.25, -0.2) is 0 Å². The standard InChI is InChI=1S/C16H12Br2O4/c1-3-5-8(6-4-2)13(19)9-7-22-16-10(9)14(20)15(21)11(17)12(16)18/h3,5-7H,4H2,1-2H3/b5-3-,8-6+. The summed E-state index contributed by atoms with van der Waals surface area (Å²) >= 11 is 6.26. The topological polar surface area (TPSA) is 64.3 Å². The first-order valence-electron chi connectivity index (χ1n) is 6.57. The molecule has 0 unspecified atom stereocenters. The van der Waals surface area contributed by atoms with Crippen molar-refractivity contribution in [3.05, 3.63) is 51.4 Å². The highest BCUT2D eigenvalue weighted by Crippen LogP contribution is 2.39. The third-order valence-corrected chi connectivity index (χ3v) is 5.14. The van der Waals surface area contributed by atoms with Gasteiger partial charge in [0, 0.05) is 5.57 Å². The molecule has 0 amide bonds. The lowest BCUT2D eigenvalue weighted by Gasteiger charge is -2.10. The van der Waals surface area contributed by atoms with Crippen molar-refractivity contribution in [1.29, 1.82) is 0 Å². The first kappa shape index (κ1) is 16.8. The Morgan fingerprint density at radius 3 is 2.50 bits per heavy atom. The van der Waals surface area contributed by atoms with Gasteiger partial charge in [-0.1, -0.05) is 25.2 Å². The molecule has 1 aliphatic rings. The van der Waals surface area contributed by atoms with Crippen LogP contribution in [0.4, 0.5) is 0 Å². The highest BCUT2D eigenvalue weighted by atomic mass is 79.9. The van der Waals surface area contributed by atoms with Gasteiger partial charge in [0.25, 0.3) is 0 Å². The number of rotatable bonds is 4. The van der Waals surface area contributed by atoms with Gasteiger partial charge in [0.05, 0.1) is 20.1 Å². The number of fused-ring (bicyclic) bond motifs is 1. The minimum Gasteiger partial charge on any atom is -0.462 e. The zero-order valence-electron chi connectivity index (χ0n) is 11.9. The fourth-order valence-electron chi connectivity index (χ4n) is 2.12. The summed E-state index contributed by atoms with van der Waals surface area (Å²) in [5.41, 5.74) is 0.568. The molecule has 0 atom stereocenters. The van der Waals surface area contributed by atoms with Crippen LogP contribution in [0.5, 0.6) is 0 Å². The fourth-order valence-corrected chi connectivity index (χ4v) is 2.95. The Hall–Kier alpha value is -1.53. The maximum absolute atomic E-state index is 12.6. The summed E-state index contributed by atoms with van der Waals surface area (Å²) in [6.45, 7) is 3.71. The van der Waals surface area contributed by atoms with Gasteiger partial charge in [-0.2, -0.15) is 0 Å². The van der Waals surface area contributed by atoms with E-state index in [2.05, 4.69) is 31.9 Å². The Morgan fingerprint density at radius 1 is 1.23 bits per heavy atom. The average molecular weight is 428 g/mol. The molecule has 0 bridgehead atoms. The van der Waals surface area contributed by atoms with Crippen LogP contribution in [0.1, 0.15) is 46.7 Å². The second-order valence-corrected chi connectivity index (χ2v) is 6.12. The molecule has 114 valence electrons. The first-order valence-corrected chi connectivity index (χ1v) is 8.16. The van der Waals surface area contributed by atoms with E-state index in [-0.39, 0.29) is 27.2 Å². The fraction of sp³-hybridized carbons (Fsp3) is 0.188. The molecule has 1 heterocycles. The van der Waals surface area contributed by atoms with Crippen LogP contribution in [-0.4, -0.2) is 17.3 Å². The molecule has 0 saturated heterocycles. The number of carbonyl (C=O) groups excluding carboxylic acids is 3. The summed E-state index contributed by atoms with van der Waals surface area (Å²) in [5, 5.41) is 0. The third kappa shape index (κ3) is 2.73. The Kier molecular flexibility index (Phi) is 5.13. The number of Topliss-reactive ketones (excluding diaryl/α,β-unsaturated/α-hetero) is 3. The Bertz CT molecular complexity index is 763. The van der Waals surface area contributed by atoms with Gasteiger partial charge in [-0.15, -0.1) is 0 Å². The zero-order valence-corrected chi connectivity index (χ0v) is 15.1. The summed E-state index contributed by atoms with van der Waals surface area (Å²) in [6.07, 6.45) is 7.07. The summed E-state index contributed by atoms with van der Waals surface area (Å²) in [7, 11) is 0. The minimum absolute atomic E-state index is 0.0107. The zero-order chi connectivity index (χ0) is 16.4. The van der Waals surface area contributed by atoms with E-state index >= 15 is 0 Å². The molecular weight excluding hydrogens is 416 g/mol. The van der Waals surface area contributed by atoms with E-state index in [9.17, 15) is 14.4 Å². The van der Waals surface area contributed by atoms with Crippen molar-refractivity contribution in [3.63, 3.8) is 0 Å². The summed E-state index contributed by atoms with van der Waals surface area (Å²) < 4.78 is 5.76. The van der Waals surface area contributed by atoms with Crippen LogP contribution in [0.3, 0.4) is 0 Å². The lowest BCUT2D eigenvalue weighted by Crippen LogP contribution is -2.22. The van der Waals surface area contributed by atoms with Gasteiger partial charge in [-0.3, -0.25) is 14.4 Å². The number of hydrogen-bond acceptors (Lipinski definition) is 4. The van der Waals surface area contributed by atoms with Crippen molar-refractivity contribution in [2.24, 2.45) is 0 Å². The quantitative estimate of drug-likeness (QED) is 0.305. The van der Waals surface area contributed by atoms with Gasteiger partial charge in [0.15, 0.2) is 11.5 Å². The second kappa shape index (κ2) is 6.71. The lowest BCUT2D eigenvalue weighted by atomic mass is 9.93. The van der Waals surface area contributed by atoms with E-state index in [1.807, 2.05) is 6.92 Å². The van der Waals surface area contributed by atoms with Gasteiger partial charge in [-0.05, 0) is 45.2 Å². The first-order chi connectivity index (χ1) is 10.4. The minimum atomic E-state index is -0.751. The molecular formula is C16H12Br2O4. The van der Waals surface area contributed by atoms with E-state index in [0.717, 1.165) is 0 Å². The largest absolute Gasteiger partial charge is 0.462 e. The summed E-state index contributed by atoms with van der Waals surface area (Å²) in [5.74, 6) is -1.61. The number of hydrogen-bond donors (Lipinski definition) is 0. The van der Waals surface area contributed by atoms with Crippen molar-refractivity contribution in [2.75, 3.05) is 0 Å². The number of allylic oxidation sites excluding steroid dienone is 5. The number of halogens is 2. The molecule has 4 nitrogen and oxygen atoms in total. The van der Waals surface area contributed by atoms with Crippen molar-refractivity contribution in [2.45, 2.75) is 20.3 Å². The highest BCUT2D eigenvalue weighted by Gasteiger charge is 2.37. The van der Waals surface area contributed by atoms with Crippen molar-refractivity contribution >= 4 is 53.7 Å². The number of ketones is 3. The lowest BCUT2D eigenvalue weighted by molar-refractivity contribution is -0.111. The van der Waals surface area contributed by atoms with Crippen LogP contribution < -0.4 is 0 Å². The second-order valence-electron chi connectivity index (χ2n) is 4.54. The maximum atomic E-state index is 12.6. The Balaban J connectivity index is 2.61. The van der Waals surface area contributed by atoms with Gasteiger partial charge in [0.2, 0.25) is 11.6 Å². The molecule has 6 heteroatoms. The molecule has 0 aromatic carbocycles. The van der Waals surface area contributed by atoms with E-state index in [4.69, 9.17) is 4.42 Å². The predicted octanol–water partition coefficient (Wildman–Crippen LogP) is 4.60. The maximum Gasteiger partial charge on any atom is 0.241 e. The summed E-state index contributed by atoms with van der Waals surface area (Å²) in [4.78, 5) is 36.8. The van der Waals surface area contributed by atoms with Crippen molar-refractivity contribution < 1.29 is 18.8 Å². The van der Waals surface area contributed by atoms with Crippen LogP contribution in [0.15, 0.2) is 39.0 Å². The average Bonchev–Trinajstić information content (AvgIpc) is 2.95. The molecule has 1 aromatic rings. The van der Waals surface area contributed by atoms with Crippen LogP contribution >= 0.6 is 31.9 Å². The predicted molar refractivity (Wildman–Crippen MR) is 90.3 cm³/mol. The van der Waals surface area contributed by atoms with Gasteiger partial charge in [0.1, 0.15) is 6.26 Å². The van der Waals surface area contributed by atoms with Crippen LogP contribution in [-0.2, 0) is 4.79 Å². The van der Waals surface area contributed by atoms with E-state index in [0.29, 0.717) is 16.5 Å². The molecule has 0 radical (unpaired) electrons. The number of furan rings is 1. The molecule has 0 N–H and O–H groups in total. The highest BCUT2D eigenvalue weighted by molar-refractivity contribution is 9.16. The molecule has 1 aromatic heterocycles. The van der Waals surface area contributed by atoms with E-state index < -0.39 is 11.6 Å². The number of carbonyl (C=O) groups is 3. The molecule has 22 heavy (non-hydrogen) atoms. The van der Waals surface area contributed by atoms with E-state index in [1.165, 1.54) is 6.26 Å². The smallest absolute Gasteiger partial charge is 0.241 e. The van der Waals surface area contributed by atoms with Gasteiger partial charge < -0.3 is 4.42 Å². The molecule has 0 saturated carbocycles. The summed E-state index contributed by atoms with van der Waals surface area (Å²) in [6, 6.07) is 0. The molecule has 0 aliphatic heterocycles. The van der Waals surface area contributed by atoms with Crippen LogP contribution in [0.2, 0.25) is 0 Å². The molecule has 1 aliphatic carbocycles. The Labute approximate surface area is 144 Å². The third-order valence-electron chi connectivity index (χ3n) is 3.09. The van der Waals surface area contributed by atoms with E-state index in [1.54, 1.807) is 25.2 Å². The molecule has 0 fully saturated rings. The molecule has 2 rings (SSSR count).